The molecule has 0 bridgehead atoms. The fourth-order valence-corrected chi connectivity index (χ4v) is 2.10. The molecule has 0 spiro atoms. The van der Waals surface area contributed by atoms with E-state index in [1.165, 1.54) is 19.2 Å². The van der Waals surface area contributed by atoms with Crippen LogP contribution in [0.25, 0.3) is 0 Å². The van der Waals surface area contributed by atoms with Crippen LogP contribution in [-0.2, 0) is 6.18 Å². The largest absolute Gasteiger partial charge is 0.497 e. The smallest absolute Gasteiger partial charge is 0.433 e. The minimum absolute atomic E-state index is 0.0942. The predicted molar refractivity (Wildman–Crippen MR) is 96.7 cm³/mol. The number of hydrogen-bond acceptors (Lipinski definition) is 4. The summed E-state index contributed by atoms with van der Waals surface area (Å²) >= 11 is 0. The van der Waals surface area contributed by atoms with Crippen LogP contribution >= 0.6 is 0 Å². The Hall–Kier alpha value is -2.77. The molecule has 0 aliphatic heterocycles. The minimum atomic E-state index is -4.50. The number of benzene rings is 1. The highest BCUT2D eigenvalue weighted by molar-refractivity contribution is 5.73. The van der Waals surface area contributed by atoms with Crippen molar-refractivity contribution in [1.82, 2.24) is 9.88 Å². The highest BCUT2D eigenvalue weighted by Crippen LogP contribution is 2.34. The zero-order valence-corrected chi connectivity index (χ0v) is 15.1. The van der Waals surface area contributed by atoms with Crippen LogP contribution in [0.15, 0.2) is 35.3 Å². The molecule has 2 rings (SSSR count). The fourth-order valence-electron chi connectivity index (χ4n) is 2.10. The van der Waals surface area contributed by atoms with Gasteiger partial charge in [-0.3, -0.25) is 0 Å². The SMILES string of the molecule is CCN(C)/C=N/c1cc(OC)cc(Nc2cccc(C(F)(F)F)n2)c1C. The summed E-state index contributed by atoms with van der Waals surface area (Å²) in [6.07, 6.45) is -2.81. The van der Waals surface area contributed by atoms with Crippen molar-refractivity contribution >= 4 is 23.5 Å². The maximum atomic E-state index is 12.8. The summed E-state index contributed by atoms with van der Waals surface area (Å²) in [5.74, 6) is 0.633. The first-order chi connectivity index (χ1) is 12.2. The molecule has 0 unspecified atom stereocenters. The van der Waals surface area contributed by atoms with Crippen LogP contribution in [0.3, 0.4) is 0 Å². The number of hydrogen-bond donors (Lipinski definition) is 1. The Bertz CT molecular complexity index is 790. The number of ether oxygens (including phenoxy) is 1. The molecule has 1 N–H and O–H groups in total. The molecule has 0 fully saturated rings. The molecular weight excluding hydrogens is 345 g/mol. The van der Waals surface area contributed by atoms with Crippen molar-refractivity contribution in [3.05, 3.63) is 41.6 Å². The molecule has 0 aliphatic carbocycles. The van der Waals surface area contributed by atoms with Gasteiger partial charge in [0.1, 0.15) is 17.3 Å². The number of nitrogens with one attached hydrogen (secondary N) is 1. The molecule has 0 saturated heterocycles. The maximum Gasteiger partial charge on any atom is 0.433 e. The van der Waals surface area contributed by atoms with Crippen molar-refractivity contribution in [3.63, 3.8) is 0 Å². The number of alkyl halides is 3. The van der Waals surface area contributed by atoms with Gasteiger partial charge in [0.2, 0.25) is 0 Å². The molecule has 5 nitrogen and oxygen atoms in total. The number of aromatic nitrogens is 1. The second-order valence-corrected chi connectivity index (χ2v) is 5.67. The molecule has 26 heavy (non-hydrogen) atoms. The van der Waals surface area contributed by atoms with Crippen LogP contribution < -0.4 is 10.1 Å². The molecule has 0 saturated carbocycles. The Kier molecular flexibility index (Phi) is 6.07. The third-order valence-corrected chi connectivity index (χ3v) is 3.78. The van der Waals surface area contributed by atoms with E-state index in [2.05, 4.69) is 15.3 Å². The van der Waals surface area contributed by atoms with Crippen molar-refractivity contribution in [1.29, 1.82) is 0 Å². The Labute approximate surface area is 150 Å². The van der Waals surface area contributed by atoms with Crippen molar-refractivity contribution in [2.45, 2.75) is 20.0 Å². The summed E-state index contributed by atoms with van der Waals surface area (Å²) in [6.45, 7) is 4.62. The third-order valence-electron chi connectivity index (χ3n) is 3.78. The average molecular weight is 366 g/mol. The van der Waals surface area contributed by atoms with E-state index in [-0.39, 0.29) is 5.82 Å². The molecule has 0 aliphatic rings. The molecule has 140 valence electrons. The fraction of sp³-hybridized carbons (Fsp3) is 0.333. The van der Waals surface area contributed by atoms with Gasteiger partial charge in [0.15, 0.2) is 0 Å². The van der Waals surface area contributed by atoms with E-state index in [0.717, 1.165) is 18.2 Å². The number of methoxy groups -OCH3 is 1. The summed E-state index contributed by atoms with van der Waals surface area (Å²) in [6, 6.07) is 7.17. The van der Waals surface area contributed by atoms with E-state index < -0.39 is 11.9 Å². The molecule has 1 aromatic heterocycles. The van der Waals surface area contributed by atoms with E-state index in [4.69, 9.17) is 4.74 Å². The van der Waals surface area contributed by atoms with Crippen molar-refractivity contribution in [2.24, 2.45) is 4.99 Å². The molecule has 2 aromatic rings. The summed E-state index contributed by atoms with van der Waals surface area (Å²) in [5.41, 5.74) is 1.04. The second kappa shape index (κ2) is 8.07. The number of aliphatic imine (C=N–C) groups is 1. The van der Waals surface area contributed by atoms with Crippen LogP contribution in [0.5, 0.6) is 5.75 Å². The normalized spacial score (nSPS) is 11.7. The van der Waals surface area contributed by atoms with Gasteiger partial charge in [-0.05, 0) is 31.5 Å². The van der Waals surface area contributed by atoms with Crippen LogP contribution in [0.2, 0.25) is 0 Å². The van der Waals surface area contributed by atoms with Crippen molar-refractivity contribution in [3.8, 4) is 5.75 Å². The first kappa shape index (κ1) is 19.6. The lowest BCUT2D eigenvalue weighted by atomic mass is 10.1. The van der Waals surface area contributed by atoms with Gasteiger partial charge in [0.05, 0.1) is 19.1 Å². The Balaban J connectivity index is 2.39. The number of pyridine rings is 1. The highest BCUT2D eigenvalue weighted by atomic mass is 19.4. The molecule has 1 heterocycles. The Morgan fingerprint density at radius 2 is 2.04 bits per heavy atom. The molecule has 1 aromatic carbocycles. The van der Waals surface area contributed by atoms with Crippen LogP contribution in [0.1, 0.15) is 18.2 Å². The van der Waals surface area contributed by atoms with E-state index in [9.17, 15) is 13.2 Å². The summed E-state index contributed by atoms with van der Waals surface area (Å²) in [7, 11) is 3.41. The number of rotatable bonds is 6. The summed E-state index contributed by atoms with van der Waals surface area (Å²) in [4.78, 5) is 9.96. The Morgan fingerprint density at radius 1 is 1.31 bits per heavy atom. The van der Waals surface area contributed by atoms with E-state index in [0.29, 0.717) is 17.1 Å². The number of anilines is 2. The van der Waals surface area contributed by atoms with E-state index >= 15 is 0 Å². The van der Waals surface area contributed by atoms with Gasteiger partial charge in [0, 0.05) is 31.4 Å². The molecule has 0 amide bonds. The lowest BCUT2D eigenvalue weighted by Crippen LogP contribution is -2.14. The predicted octanol–water partition coefficient (Wildman–Crippen LogP) is 4.77. The van der Waals surface area contributed by atoms with Crippen molar-refractivity contribution < 1.29 is 17.9 Å². The number of halogens is 3. The lowest BCUT2D eigenvalue weighted by Gasteiger charge is -2.15. The standard InChI is InChI=1S/C18H21F3N4O/c1-5-25(3)11-22-14-9-13(26-4)10-15(12(14)2)23-17-8-6-7-16(24-17)18(19,20)21/h6-11H,5H2,1-4H3,(H,23,24)/b22-11+. The van der Waals surface area contributed by atoms with E-state index in [1.54, 1.807) is 18.5 Å². The zero-order valence-electron chi connectivity index (χ0n) is 15.1. The second-order valence-electron chi connectivity index (χ2n) is 5.67. The first-order valence-electron chi connectivity index (χ1n) is 7.99. The van der Waals surface area contributed by atoms with Gasteiger partial charge in [-0.15, -0.1) is 0 Å². The van der Waals surface area contributed by atoms with Gasteiger partial charge in [-0.1, -0.05) is 6.07 Å². The highest BCUT2D eigenvalue weighted by Gasteiger charge is 2.32. The van der Waals surface area contributed by atoms with Crippen LogP contribution in [0.4, 0.5) is 30.4 Å². The van der Waals surface area contributed by atoms with Gasteiger partial charge in [0.25, 0.3) is 0 Å². The molecular formula is C18H21F3N4O. The topological polar surface area (TPSA) is 49.8 Å². The van der Waals surface area contributed by atoms with Crippen LogP contribution in [0, 0.1) is 6.92 Å². The first-order valence-corrected chi connectivity index (χ1v) is 7.99. The van der Waals surface area contributed by atoms with Gasteiger partial charge in [-0.25, -0.2) is 9.98 Å². The lowest BCUT2D eigenvalue weighted by molar-refractivity contribution is -0.141. The third kappa shape index (κ3) is 4.87. The Morgan fingerprint density at radius 3 is 2.65 bits per heavy atom. The minimum Gasteiger partial charge on any atom is -0.497 e. The quantitative estimate of drug-likeness (QED) is 0.591. The average Bonchev–Trinajstić information content (AvgIpc) is 2.61. The maximum absolute atomic E-state index is 12.8. The summed E-state index contributed by atoms with van der Waals surface area (Å²) < 4.78 is 43.8. The van der Waals surface area contributed by atoms with Gasteiger partial charge >= 0.3 is 6.18 Å². The summed E-state index contributed by atoms with van der Waals surface area (Å²) in [5, 5.41) is 2.92. The monoisotopic (exact) mass is 366 g/mol. The van der Waals surface area contributed by atoms with Gasteiger partial charge in [-0.2, -0.15) is 13.2 Å². The molecule has 0 atom stereocenters. The van der Waals surface area contributed by atoms with Crippen LogP contribution in [-0.4, -0.2) is 36.9 Å². The molecule has 8 heteroatoms. The zero-order chi connectivity index (χ0) is 19.3. The van der Waals surface area contributed by atoms with Gasteiger partial charge < -0.3 is 15.0 Å². The van der Waals surface area contributed by atoms with E-state index in [1.807, 2.05) is 25.8 Å². The molecule has 0 radical (unpaired) electrons. The number of nitrogens with zero attached hydrogens (tertiary/aromatic N) is 3. The van der Waals surface area contributed by atoms with Crippen molar-refractivity contribution in [2.75, 3.05) is 26.0 Å².